The lowest BCUT2D eigenvalue weighted by Gasteiger charge is -2.30. The first-order valence-corrected chi connectivity index (χ1v) is 7.35. The van der Waals surface area contributed by atoms with Gasteiger partial charge in [0.1, 0.15) is 6.04 Å². The summed E-state index contributed by atoms with van der Waals surface area (Å²) in [4.78, 5) is 12.3. The molecule has 1 fully saturated rings. The summed E-state index contributed by atoms with van der Waals surface area (Å²) in [7, 11) is 0. The van der Waals surface area contributed by atoms with E-state index in [2.05, 4.69) is 10.6 Å². The molecule has 3 atom stereocenters. The second-order valence-corrected chi connectivity index (χ2v) is 5.67. The highest BCUT2D eigenvalue weighted by atomic mass is 35.5. The zero-order valence-electron chi connectivity index (χ0n) is 11.5. The maximum absolute atomic E-state index is 12.3. The first kappa shape index (κ1) is 15.6. The molecule has 20 heavy (non-hydrogen) atoms. The molecule has 1 saturated heterocycles. The van der Waals surface area contributed by atoms with E-state index in [1.165, 1.54) is 0 Å². The third-order valence-corrected chi connectivity index (χ3v) is 4.24. The Kier molecular flexibility index (Phi) is 5.27. The van der Waals surface area contributed by atoms with E-state index in [0.29, 0.717) is 23.2 Å². The van der Waals surface area contributed by atoms with Gasteiger partial charge in [0.2, 0.25) is 5.91 Å². The summed E-state index contributed by atoms with van der Waals surface area (Å²) >= 11 is 12.2. The second kappa shape index (κ2) is 6.76. The van der Waals surface area contributed by atoms with E-state index in [4.69, 9.17) is 27.9 Å². The number of hydrogen-bond acceptors (Lipinski definition) is 3. The molecule has 2 N–H and O–H groups in total. The Balaban J connectivity index is 2.05. The quantitative estimate of drug-likeness (QED) is 0.901. The fourth-order valence-corrected chi connectivity index (χ4v) is 2.73. The van der Waals surface area contributed by atoms with Gasteiger partial charge in [0.05, 0.1) is 28.8 Å². The fourth-order valence-electron chi connectivity index (χ4n) is 2.26. The lowest BCUT2D eigenvalue weighted by molar-refractivity contribution is -0.129. The largest absolute Gasteiger partial charge is 0.375 e. The average molecular weight is 317 g/mol. The van der Waals surface area contributed by atoms with Gasteiger partial charge < -0.3 is 15.4 Å². The number of amides is 1. The van der Waals surface area contributed by atoms with Crippen LogP contribution in [0.5, 0.6) is 0 Å². The maximum atomic E-state index is 12.3. The molecule has 2 rings (SSSR count). The fraction of sp³-hybridized carbons (Fsp3) is 0.500. The molecule has 1 aliphatic heterocycles. The molecule has 110 valence electrons. The van der Waals surface area contributed by atoms with Crippen molar-refractivity contribution >= 4 is 29.1 Å². The molecule has 1 aromatic carbocycles. The van der Waals surface area contributed by atoms with Crippen molar-refractivity contribution in [2.24, 2.45) is 0 Å². The topological polar surface area (TPSA) is 50.4 Å². The van der Waals surface area contributed by atoms with Gasteiger partial charge in [0.15, 0.2) is 0 Å². The van der Waals surface area contributed by atoms with E-state index < -0.39 is 0 Å². The van der Waals surface area contributed by atoms with Crippen LogP contribution in [-0.4, -0.2) is 31.2 Å². The van der Waals surface area contributed by atoms with Gasteiger partial charge in [-0.25, -0.2) is 0 Å². The Hall–Kier alpha value is -0.810. The van der Waals surface area contributed by atoms with Crippen molar-refractivity contribution in [3.8, 4) is 0 Å². The monoisotopic (exact) mass is 316 g/mol. The molecule has 0 aromatic heterocycles. The van der Waals surface area contributed by atoms with E-state index >= 15 is 0 Å². The van der Waals surface area contributed by atoms with Gasteiger partial charge in [-0.3, -0.25) is 4.79 Å². The minimum Gasteiger partial charge on any atom is -0.375 e. The van der Waals surface area contributed by atoms with Crippen LogP contribution in [0.2, 0.25) is 10.0 Å². The minimum absolute atomic E-state index is 0.0965. The number of morpholine rings is 1. The van der Waals surface area contributed by atoms with Crippen LogP contribution in [0, 0.1) is 0 Å². The Morgan fingerprint density at radius 1 is 1.50 bits per heavy atom. The molecule has 1 unspecified atom stereocenters. The Morgan fingerprint density at radius 2 is 2.25 bits per heavy atom. The maximum Gasteiger partial charge on any atom is 0.240 e. The highest BCUT2D eigenvalue weighted by Gasteiger charge is 2.29. The summed E-state index contributed by atoms with van der Waals surface area (Å²) < 4.78 is 5.47. The van der Waals surface area contributed by atoms with Crippen LogP contribution < -0.4 is 10.6 Å². The van der Waals surface area contributed by atoms with Crippen LogP contribution in [0.25, 0.3) is 0 Å². The van der Waals surface area contributed by atoms with Gasteiger partial charge in [-0.15, -0.1) is 0 Å². The number of carbonyl (C=O) groups excluding carboxylic acids is 1. The third kappa shape index (κ3) is 3.44. The summed E-state index contributed by atoms with van der Waals surface area (Å²) in [6.07, 6.45) is -0.147. The molecule has 1 amide bonds. The van der Waals surface area contributed by atoms with E-state index in [-0.39, 0.29) is 24.1 Å². The molecule has 1 aliphatic rings. The lowest BCUT2D eigenvalue weighted by Crippen LogP contribution is -2.55. The highest BCUT2D eigenvalue weighted by molar-refractivity contribution is 6.42. The predicted octanol–water partition coefficient (Wildman–Crippen LogP) is 2.55. The standard InChI is InChI=1S/C14H18Cl2N2O2/c1-8(10-4-3-5-11(15)12(10)16)18-14(19)13-9(2)20-7-6-17-13/h3-5,8-9,13,17H,6-7H2,1-2H3,(H,18,19)/t8?,9-,13+/m1/s1. The summed E-state index contributed by atoms with van der Waals surface area (Å²) in [6.45, 7) is 5.06. The zero-order chi connectivity index (χ0) is 14.7. The molecule has 0 bridgehead atoms. The second-order valence-electron chi connectivity index (χ2n) is 4.88. The van der Waals surface area contributed by atoms with E-state index in [1.54, 1.807) is 6.07 Å². The first-order chi connectivity index (χ1) is 9.50. The number of ether oxygens (including phenoxy) is 1. The Labute approximate surface area is 128 Å². The van der Waals surface area contributed by atoms with Crippen molar-refractivity contribution in [3.63, 3.8) is 0 Å². The van der Waals surface area contributed by atoms with Gasteiger partial charge >= 0.3 is 0 Å². The van der Waals surface area contributed by atoms with Crippen molar-refractivity contribution in [2.75, 3.05) is 13.2 Å². The lowest BCUT2D eigenvalue weighted by atomic mass is 10.1. The summed E-state index contributed by atoms with van der Waals surface area (Å²) in [5.41, 5.74) is 0.803. The van der Waals surface area contributed by atoms with Crippen LogP contribution in [0.4, 0.5) is 0 Å². The van der Waals surface area contributed by atoms with Crippen molar-refractivity contribution in [3.05, 3.63) is 33.8 Å². The van der Waals surface area contributed by atoms with Crippen molar-refractivity contribution in [1.29, 1.82) is 0 Å². The molecular formula is C14H18Cl2N2O2. The summed E-state index contributed by atoms with van der Waals surface area (Å²) in [5.74, 6) is -0.0965. The Bertz CT molecular complexity index is 496. The zero-order valence-corrected chi connectivity index (χ0v) is 13.0. The smallest absolute Gasteiger partial charge is 0.240 e. The van der Waals surface area contributed by atoms with Crippen molar-refractivity contribution < 1.29 is 9.53 Å². The van der Waals surface area contributed by atoms with Gasteiger partial charge in [-0.1, -0.05) is 35.3 Å². The van der Waals surface area contributed by atoms with Crippen molar-refractivity contribution in [2.45, 2.75) is 32.0 Å². The normalized spacial score (nSPS) is 24.2. The number of halogens is 2. The molecule has 0 spiro atoms. The molecule has 6 heteroatoms. The van der Waals surface area contributed by atoms with E-state index in [9.17, 15) is 4.79 Å². The average Bonchev–Trinajstić information content (AvgIpc) is 2.42. The first-order valence-electron chi connectivity index (χ1n) is 6.60. The van der Waals surface area contributed by atoms with Crippen LogP contribution >= 0.6 is 23.2 Å². The Morgan fingerprint density at radius 3 is 2.95 bits per heavy atom. The molecule has 0 aliphatic carbocycles. The molecule has 0 radical (unpaired) electrons. The van der Waals surface area contributed by atoms with E-state index in [0.717, 1.165) is 5.56 Å². The van der Waals surface area contributed by atoms with Gasteiger partial charge in [0, 0.05) is 6.54 Å². The minimum atomic E-state index is -0.343. The molecule has 4 nitrogen and oxygen atoms in total. The number of benzene rings is 1. The van der Waals surface area contributed by atoms with Crippen LogP contribution in [0.1, 0.15) is 25.5 Å². The molecule has 1 heterocycles. The van der Waals surface area contributed by atoms with Gasteiger partial charge in [-0.2, -0.15) is 0 Å². The number of hydrogen-bond donors (Lipinski definition) is 2. The number of carbonyl (C=O) groups is 1. The van der Waals surface area contributed by atoms with Crippen molar-refractivity contribution in [1.82, 2.24) is 10.6 Å². The van der Waals surface area contributed by atoms with E-state index in [1.807, 2.05) is 26.0 Å². The molecule has 1 aromatic rings. The summed E-state index contributed by atoms with van der Waals surface area (Å²) in [6, 6.07) is 4.83. The van der Waals surface area contributed by atoms with Crippen LogP contribution in [-0.2, 0) is 9.53 Å². The summed E-state index contributed by atoms with van der Waals surface area (Å²) in [5, 5.41) is 7.05. The number of nitrogens with one attached hydrogen (secondary N) is 2. The van der Waals surface area contributed by atoms with Crippen LogP contribution in [0.3, 0.4) is 0 Å². The molecular weight excluding hydrogens is 299 g/mol. The highest BCUT2D eigenvalue weighted by Crippen LogP contribution is 2.29. The van der Waals surface area contributed by atoms with Gasteiger partial charge in [0.25, 0.3) is 0 Å². The molecule has 0 saturated carbocycles. The predicted molar refractivity (Wildman–Crippen MR) is 80.2 cm³/mol. The SMILES string of the molecule is CC(NC(=O)[C@H]1NCCO[C@@H]1C)c1cccc(Cl)c1Cl. The third-order valence-electron chi connectivity index (χ3n) is 3.41. The number of rotatable bonds is 3. The van der Waals surface area contributed by atoms with Crippen LogP contribution in [0.15, 0.2) is 18.2 Å². The van der Waals surface area contributed by atoms with Gasteiger partial charge in [-0.05, 0) is 25.5 Å².